The van der Waals surface area contributed by atoms with Crippen molar-refractivity contribution in [2.45, 2.75) is 26.3 Å². The lowest BCUT2D eigenvalue weighted by molar-refractivity contribution is 0.417. The third kappa shape index (κ3) is 2.88. The summed E-state index contributed by atoms with van der Waals surface area (Å²) in [4.78, 5) is 0. The Balaban J connectivity index is 2.50. The molecule has 2 nitrogen and oxygen atoms in total. The molecule has 0 bridgehead atoms. The van der Waals surface area contributed by atoms with Crippen molar-refractivity contribution in [2.24, 2.45) is 0 Å². The van der Waals surface area contributed by atoms with E-state index in [1.165, 1.54) is 6.26 Å². The molecule has 0 aliphatic carbocycles. The molecule has 1 atom stereocenters. The van der Waals surface area contributed by atoms with Crippen LogP contribution in [-0.2, 0) is 0 Å². The molecule has 1 aromatic carbocycles. The second kappa shape index (κ2) is 6.13. The average Bonchev–Trinajstić information content (AvgIpc) is 2.78. The molecule has 0 saturated carbocycles. The number of furan rings is 1. The Morgan fingerprint density at radius 2 is 1.85 bits per heavy atom. The van der Waals surface area contributed by atoms with Gasteiger partial charge in [0.2, 0.25) is 0 Å². The summed E-state index contributed by atoms with van der Waals surface area (Å²) in [6, 6.07) is 2.30. The van der Waals surface area contributed by atoms with Crippen LogP contribution in [0.1, 0.15) is 36.3 Å². The van der Waals surface area contributed by atoms with Crippen LogP contribution in [0.3, 0.4) is 0 Å². The van der Waals surface area contributed by atoms with Crippen LogP contribution in [0.4, 0.5) is 13.2 Å². The first-order valence-corrected chi connectivity index (χ1v) is 6.46. The average molecular weight is 283 g/mol. The van der Waals surface area contributed by atoms with Gasteiger partial charge in [0.05, 0.1) is 12.3 Å². The zero-order valence-corrected chi connectivity index (χ0v) is 11.3. The molecule has 5 heteroatoms. The number of rotatable bonds is 5. The highest BCUT2D eigenvalue weighted by atomic mass is 19.1. The van der Waals surface area contributed by atoms with Crippen LogP contribution in [0.25, 0.3) is 0 Å². The van der Waals surface area contributed by atoms with Crippen molar-refractivity contribution in [1.29, 1.82) is 0 Å². The molecule has 0 aliphatic heterocycles. The van der Waals surface area contributed by atoms with Crippen LogP contribution in [0.5, 0.6) is 0 Å². The van der Waals surface area contributed by atoms with Gasteiger partial charge in [0.25, 0.3) is 0 Å². The normalized spacial score (nSPS) is 12.7. The van der Waals surface area contributed by atoms with E-state index >= 15 is 0 Å². The fourth-order valence-electron chi connectivity index (χ4n) is 2.12. The molecular weight excluding hydrogens is 267 g/mol. The topological polar surface area (TPSA) is 25.2 Å². The standard InChI is InChI=1S/C15H16F3NO/c1-3-5-19-14(15-9(2)4-6-20-15)13-11(17)7-10(16)8-12(13)18/h4,6-8,14,19H,3,5H2,1-2H3. The lowest BCUT2D eigenvalue weighted by Gasteiger charge is -2.19. The summed E-state index contributed by atoms with van der Waals surface area (Å²) >= 11 is 0. The Hall–Kier alpha value is -1.75. The van der Waals surface area contributed by atoms with E-state index in [0.29, 0.717) is 24.4 Å². The first-order valence-electron chi connectivity index (χ1n) is 6.46. The van der Waals surface area contributed by atoms with Gasteiger partial charge in [0, 0.05) is 17.7 Å². The van der Waals surface area contributed by atoms with Crippen LogP contribution in [0.2, 0.25) is 0 Å². The quantitative estimate of drug-likeness (QED) is 0.894. The molecule has 2 aromatic rings. The smallest absolute Gasteiger partial charge is 0.134 e. The molecule has 108 valence electrons. The van der Waals surface area contributed by atoms with Crippen molar-refractivity contribution in [1.82, 2.24) is 5.32 Å². The fourth-order valence-corrected chi connectivity index (χ4v) is 2.12. The molecule has 0 aliphatic rings. The first kappa shape index (κ1) is 14.7. The summed E-state index contributed by atoms with van der Waals surface area (Å²) < 4.78 is 46.3. The first-order chi connectivity index (χ1) is 9.54. The van der Waals surface area contributed by atoms with E-state index in [2.05, 4.69) is 5.32 Å². The minimum Gasteiger partial charge on any atom is -0.467 e. The van der Waals surface area contributed by atoms with E-state index in [-0.39, 0.29) is 5.56 Å². The number of hydrogen-bond acceptors (Lipinski definition) is 2. The molecule has 0 spiro atoms. The number of benzene rings is 1. The van der Waals surface area contributed by atoms with Gasteiger partial charge < -0.3 is 9.73 Å². The van der Waals surface area contributed by atoms with Crippen molar-refractivity contribution in [2.75, 3.05) is 6.54 Å². The van der Waals surface area contributed by atoms with E-state index in [4.69, 9.17) is 4.42 Å². The summed E-state index contributed by atoms with van der Waals surface area (Å²) in [6.45, 7) is 4.29. The van der Waals surface area contributed by atoms with Gasteiger partial charge >= 0.3 is 0 Å². The highest BCUT2D eigenvalue weighted by Gasteiger charge is 2.26. The Bertz CT molecular complexity index is 572. The predicted octanol–water partition coefficient (Wildman–Crippen LogP) is 4.09. The van der Waals surface area contributed by atoms with Crippen molar-refractivity contribution in [3.63, 3.8) is 0 Å². The van der Waals surface area contributed by atoms with Gasteiger partial charge in [0.15, 0.2) is 0 Å². The molecule has 20 heavy (non-hydrogen) atoms. The largest absolute Gasteiger partial charge is 0.467 e. The number of nitrogens with one attached hydrogen (secondary N) is 1. The van der Waals surface area contributed by atoms with Crippen molar-refractivity contribution < 1.29 is 17.6 Å². The van der Waals surface area contributed by atoms with E-state index < -0.39 is 23.5 Å². The second-order valence-corrected chi connectivity index (χ2v) is 4.64. The summed E-state index contributed by atoms with van der Waals surface area (Å²) in [6.07, 6.45) is 2.26. The van der Waals surface area contributed by atoms with E-state index in [1.54, 1.807) is 13.0 Å². The summed E-state index contributed by atoms with van der Waals surface area (Å²) in [7, 11) is 0. The van der Waals surface area contributed by atoms with Gasteiger partial charge in [-0.3, -0.25) is 0 Å². The van der Waals surface area contributed by atoms with Gasteiger partial charge in [-0.1, -0.05) is 6.92 Å². The SMILES string of the molecule is CCCNC(c1occc1C)c1c(F)cc(F)cc1F. The predicted molar refractivity (Wildman–Crippen MR) is 69.9 cm³/mol. The Morgan fingerprint density at radius 3 is 2.35 bits per heavy atom. The van der Waals surface area contributed by atoms with E-state index in [0.717, 1.165) is 12.0 Å². The van der Waals surface area contributed by atoms with Crippen LogP contribution in [0.15, 0.2) is 28.9 Å². The fraction of sp³-hybridized carbons (Fsp3) is 0.333. The van der Waals surface area contributed by atoms with Crippen molar-refractivity contribution in [3.8, 4) is 0 Å². The number of aryl methyl sites for hydroxylation is 1. The molecule has 1 aromatic heterocycles. The highest BCUT2D eigenvalue weighted by molar-refractivity contribution is 5.33. The van der Waals surface area contributed by atoms with Gasteiger partial charge in [0.1, 0.15) is 23.2 Å². The summed E-state index contributed by atoms with van der Waals surface area (Å²) in [5, 5.41) is 3.03. The molecule has 0 fully saturated rings. The van der Waals surface area contributed by atoms with Crippen molar-refractivity contribution >= 4 is 0 Å². The summed E-state index contributed by atoms with van der Waals surface area (Å²) in [5.74, 6) is -2.35. The maximum atomic E-state index is 14.0. The molecule has 1 unspecified atom stereocenters. The highest BCUT2D eigenvalue weighted by Crippen LogP contribution is 2.30. The van der Waals surface area contributed by atoms with Gasteiger partial charge in [-0.25, -0.2) is 13.2 Å². The zero-order chi connectivity index (χ0) is 14.7. The lowest BCUT2D eigenvalue weighted by atomic mass is 10.0. The Kier molecular flexibility index (Phi) is 4.49. The second-order valence-electron chi connectivity index (χ2n) is 4.64. The molecule has 1 heterocycles. The van der Waals surface area contributed by atoms with Gasteiger partial charge in [-0.15, -0.1) is 0 Å². The Labute approximate surface area is 115 Å². The monoisotopic (exact) mass is 283 g/mol. The molecule has 0 saturated heterocycles. The van der Waals surface area contributed by atoms with E-state index in [1.807, 2.05) is 6.92 Å². The van der Waals surface area contributed by atoms with Gasteiger partial charge in [-0.05, 0) is 31.5 Å². The number of halogens is 3. The summed E-state index contributed by atoms with van der Waals surface area (Å²) in [5.41, 5.74) is 0.555. The molecule has 2 rings (SSSR count). The third-order valence-corrected chi connectivity index (χ3v) is 3.09. The van der Waals surface area contributed by atoms with Crippen molar-refractivity contribution in [3.05, 3.63) is 58.8 Å². The third-order valence-electron chi connectivity index (χ3n) is 3.09. The van der Waals surface area contributed by atoms with Crippen LogP contribution >= 0.6 is 0 Å². The van der Waals surface area contributed by atoms with Crippen LogP contribution in [-0.4, -0.2) is 6.54 Å². The maximum absolute atomic E-state index is 14.0. The zero-order valence-electron chi connectivity index (χ0n) is 11.3. The molecular formula is C15H16F3NO. The minimum absolute atomic E-state index is 0.224. The van der Waals surface area contributed by atoms with Crippen LogP contribution in [0, 0.1) is 24.4 Å². The Morgan fingerprint density at radius 1 is 1.20 bits per heavy atom. The molecule has 0 amide bonds. The molecule has 0 radical (unpaired) electrons. The van der Waals surface area contributed by atoms with Gasteiger partial charge in [-0.2, -0.15) is 0 Å². The van der Waals surface area contributed by atoms with E-state index in [9.17, 15) is 13.2 Å². The number of hydrogen-bond donors (Lipinski definition) is 1. The lowest BCUT2D eigenvalue weighted by Crippen LogP contribution is -2.25. The minimum atomic E-state index is -0.936. The van der Waals surface area contributed by atoms with Crippen LogP contribution < -0.4 is 5.32 Å². The molecule has 1 N–H and O–H groups in total. The maximum Gasteiger partial charge on any atom is 0.134 e.